The van der Waals surface area contributed by atoms with Gasteiger partial charge in [-0.2, -0.15) is 8.78 Å². The van der Waals surface area contributed by atoms with Crippen molar-refractivity contribution in [1.29, 1.82) is 0 Å². The highest BCUT2D eigenvalue weighted by Gasteiger charge is 2.09. The fourth-order valence-electron chi connectivity index (χ4n) is 1.48. The Bertz CT molecular complexity index is 345. The number of hydrogen-bond acceptors (Lipinski definition) is 2. The molecule has 96 valence electrons. The van der Waals surface area contributed by atoms with Gasteiger partial charge in [0.05, 0.1) is 6.61 Å². The second-order valence-corrected chi connectivity index (χ2v) is 3.75. The first-order valence-electron chi connectivity index (χ1n) is 5.44. The van der Waals surface area contributed by atoms with Crippen molar-refractivity contribution >= 4 is 11.6 Å². The lowest BCUT2D eigenvalue weighted by Crippen LogP contribution is -2.03. The van der Waals surface area contributed by atoms with Crippen LogP contribution in [-0.2, 0) is 6.42 Å². The molecular formula is C12H15ClF2O2. The molecule has 0 atom stereocenters. The van der Waals surface area contributed by atoms with E-state index in [4.69, 9.17) is 16.3 Å². The summed E-state index contributed by atoms with van der Waals surface area (Å²) in [5, 5.41) is 0. The zero-order valence-corrected chi connectivity index (χ0v) is 10.3. The maximum absolute atomic E-state index is 12.1. The minimum atomic E-state index is -2.81. The lowest BCUT2D eigenvalue weighted by Gasteiger charge is -2.12. The van der Waals surface area contributed by atoms with Crippen LogP contribution in [0.15, 0.2) is 18.2 Å². The van der Waals surface area contributed by atoms with Crippen molar-refractivity contribution in [3.63, 3.8) is 0 Å². The van der Waals surface area contributed by atoms with Crippen molar-refractivity contribution in [2.45, 2.75) is 26.4 Å². The van der Waals surface area contributed by atoms with Crippen molar-refractivity contribution in [3.05, 3.63) is 23.8 Å². The third-order valence-electron chi connectivity index (χ3n) is 2.14. The van der Waals surface area contributed by atoms with Crippen LogP contribution >= 0.6 is 11.6 Å². The van der Waals surface area contributed by atoms with Crippen molar-refractivity contribution in [1.82, 2.24) is 0 Å². The summed E-state index contributed by atoms with van der Waals surface area (Å²) in [6.45, 7) is -0.411. The van der Waals surface area contributed by atoms with Gasteiger partial charge in [-0.05, 0) is 43.5 Å². The van der Waals surface area contributed by atoms with Crippen molar-refractivity contribution in [3.8, 4) is 11.5 Å². The molecule has 0 aliphatic carbocycles. The fourth-order valence-corrected chi connectivity index (χ4v) is 1.61. The Balaban J connectivity index is 2.84. The van der Waals surface area contributed by atoms with Crippen LogP contribution in [0, 0.1) is 0 Å². The minimum absolute atomic E-state index is 0.146. The topological polar surface area (TPSA) is 18.5 Å². The second kappa shape index (κ2) is 7.33. The van der Waals surface area contributed by atoms with Gasteiger partial charge in [0.1, 0.15) is 11.5 Å². The van der Waals surface area contributed by atoms with E-state index >= 15 is 0 Å². The summed E-state index contributed by atoms with van der Waals surface area (Å²) >= 11 is 5.61. The van der Waals surface area contributed by atoms with Gasteiger partial charge in [-0.15, -0.1) is 11.6 Å². The van der Waals surface area contributed by atoms with Gasteiger partial charge in [-0.25, -0.2) is 0 Å². The highest BCUT2D eigenvalue weighted by molar-refractivity contribution is 6.17. The minimum Gasteiger partial charge on any atom is -0.494 e. The number of rotatable bonds is 7. The number of ether oxygens (including phenoxy) is 2. The van der Waals surface area contributed by atoms with Crippen molar-refractivity contribution in [2.24, 2.45) is 0 Å². The Morgan fingerprint density at radius 2 is 2.12 bits per heavy atom. The molecule has 1 aromatic rings. The smallest absolute Gasteiger partial charge is 0.387 e. The fraction of sp³-hybridized carbons (Fsp3) is 0.500. The van der Waals surface area contributed by atoms with E-state index in [0.29, 0.717) is 24.7 Å². The lowest BCUT2D eigenvalue weighted by atomic mass is 10.1. The molecule has 17 heavy (non-hydrogen) atoms. The molecule has 1 aromatic carbocycles. The van der Waals surface area contributed by atoms with Crippen LogP contribution in [0.4, 0.5) is 8.78 Å². The molecule has 0 amide bonds. The number of aryl methyl sites for hydroxylation is 1. The van der Waals surface area contributed by atoms with Crippen LogP contribution in [0.1, 0.15) is 18.9 Å². The van der Waals surface area contributed by atoms with E-state index in [-0.39, 0.29) is 5.75 Å². The normalized spacial score (nSPS) is 10.6. The quantitative estimate of drug-likeness (QED) is 0.696. The summed E-state index contributed by atoms with van der Waals surface area (Å²) in [6.07, 6.45) is 1.44. The van der Waals surface area contributed by atoms with E-state index < -0.39 is 6.61 Å². The summed E-state index contributed by atoms with van der Waals surface area (Å²) < 4.78 is 33.9. The molecule has 0 aliphatic heterocycles. The Morgan fingerprint density at radius 1 is 1.35 bits per heavy atom. The van der Waals surface area contributed by atoms with Crippen LogP contribution < -0.4 is 9.47 Å². The molecule has 0 aromatic heterocycles. The molecule has 5 heteroatoms. The van der Waals surface area contributed by atoms with Crippen LogP contribution in [-0.4, -0.2) is 19.1 Å². The van der Waals surface area contributed by atoms with Crippen LogP contribution in [0.25, 0.3) is 0 Å². The first-order chi connectivity index (χ1) is 8.17. The third-order valence-corrected chi connectivity index (χ3v) is 2.40. The molecular weight excluding hydrogens is 250 g/mol. The summed E-state index contributed by atoms with van der Waals surface area (Å²) in [5.41, 5.74) is 0.839. The predicted octanol–water partition coefficient (Wildman–Crippen LogP) is 3.86. The van der Waals surface area contributed by atoms with E-state index in [1.54, 1.807) is 12.1 Å². The SMILES string of the molecule is CCOc1ccc(OC(F)F)cc1CCCCl. The van der Waals surface area contributed by atoms with Gasteiger partial charge < -0.3 is 9.47 Å². The average Bonchev–Trinajstić information content (AvgIpc) is 2.28. The highest BCUT2D eigenvalue weighted by atomic mass is 35.5. The van der Waals surface area contributed by atoms with Crippen molar-refractivity contribution < 1.29 is 18.3 Å². The monoisotopic (exact) mass is 264 g/mol. The van der Waals surface area contributed by atoms with Crippen molar-refractivity contribution in [2.75, 3.05) is 12.5 Å². The summed E-state index contributed by atoms with van der Waals surface area (Å²) in [4.78, 5) is 0. The Hall–Kier alpha value is -1.03. The average molecular weight is 265 g/mol. The summed E-state index contributed by atoms with van der Waals surface area (Å²) in [7, 11) is 0. The standard InChI is InChI=1S/C12H15ClF2O2/c1-2-16-11-6-5-10(17-12(14)15)8-9(11)4-3-7-13/h5-6,8,12H,2-4,7H2,1H3. The molecule has 0 spiro atoms. The molecule has 0 N–H and O–H groups in total. The molecule has 0 heterocycles. The Labute approximate surface area is 104 Å². The number of halogens is 3. The van der Waals surface area contributed by atoms with Gasteiger partial charge in [-0.1, -0.05) is 0 Å². The number of hydrogen-bond donors (Lipinski definition) is 0. The lowest BCUT2D eigenvalue weighted by molar-refractivity contribution is -0.0499. The molecule has 0 unspecified atom stereocenters. The molecule has 0 radical (unpaired) electrons. The Morgan fingerprint density at radius 3 is 2.71 bits per heavy atom. The van der Waals surface area contributed by atoms with E-state index in [0.717, 1.165) is 12.0 Å². The summed E-state index contributed by atoms with van der Waals surface area (Å²) in [6, 6.07) is 4.69. The number of alkyl halides is 3. The number of benzene rings is 1. The first-order valence-corrected chi connectivity index (χ1v) is 5.97. The van der Waals surface area contributed by atoms with Crippen LogP contribution in [0.3, 0.4) is 0 Å². The maximum Gasteiger partial charge on any atom is 0.387 e. The van der Waals surface area contributed by atoms with Crippen LogP contribution in [0.2, 0.25) is 0 Å². The van der Waals surface area contributed by atoms with E-state index in [9.17, 15) is 8.78 Å². The first kappa shape index (κ1) is 14.0. The molecule has 0 aliphatic rings. The highest BCUT2D eigenvalue weighted by Crippen LogP contribution is 2.26. The van der Waals surface area contributed by atoms with Gasteiger partial charge in [0, 0.05) is 5.88 Å². The van der Waals surface area contributed by atoms with Gasteiger partial charge in [0.15, 0.2) is 0 Å². The molecule has 0 bridgehead atoms. The van der Waals surface area contributed by atoms with Gasteiger partial charge in [-0.3, -0.25) is 0 Å². The van der Waals surface area contributed by atoms with E-state index in [1.807, 2.05) is 6.92 Å². The summed E-state index contributed by atoms with van der Waals surface area (Å²) in [5.74, 6) is 1.36. The molecule has 0 saturated heterocycles. The van der Waals surface area contributed by atoms with Gasteiger partial charge in [0.2, 0.25) is 0 Å². The molecule has 1 rings (SSSR count). The molecule has 0 saturated carbocycles. The third kappa shape index (κ3) is 4.77. The maximum atomic E-state index is 12.1. The second-order valence-electron chi connectivity index (χ2n) is 3.37. The van der Waals surface area contributed by atoms with E-state index in [1.165, 1.54) is 6.07 Å². The predicted molar refractivity (Wildman–Crippen MR) is 63.3 cm³/mol. The zero-order chi connectivity index (χ0) is 12.7. The zero-order valence-electron chi connectivity index (χ0n) is 9.59. The molecule has 0 fully saturated rings. The molecule has 2 nitrogen and oxygen atoms in total. The van der Waals surface area contributed by atoms with E-state index in [2.05, 4.69) is 4.74 Å². The van der Waals surface area contributed by atoms with Gasteiger partial charge in [0.25, 0.3) is 0 Å². The van der Waals surface area contributed by atoms with Gasteiger partial charge >= 0.3 is 6.61 Å². The largest absolute Gasteiger partial charge is 0.494 e. The van der Waals surface area contributed by atoms with Crippen LogP contribution in [0.5, 0.6) is 11.5 Å². The Kier molecular flexibility index (Phi) is 6.05.